The maximum atomic E-state index is 13.5. The SMILES string of the molecule is CCCN(C(=O)C(Cl)Cl)C(C)c1nc2ccccc2c(=O)n1-c1ccccc1C. The Morgan fingerprint density at radius 2 is 1.79 bits per heavy atom. The summed E-state index contributed by atoms with van der Waals surface area (Å²) < 4.78 is 1.59. The van der Waals surface area contributed by atoms with Gasteiger partial charge in [0.1, 0.15) is 5.82 Å². The first-order valence-corrected chi connectivity index (χ1v) is 10.4. The largest absolute Gasteiger partial charge is 0.330 e. The Morgan fingerprint density at radius 3 is 2.45 bits per heavy atom. The average molecular weight is 432 g/mol. The highest BCUT2D eigenvalue weighted by Crippen LogP contribution is 2.26. The van der Waals surface area contributed by atoms with Gasteiger partial charge in [-0.3, -0.25) is 14.2 Å². The van der Waals surface area contributed by atoms with Crippen molar-refractivity contribution in [1.82, 2.24) is 14.5 Å². The Kier molecular flexibility index (Phi) is 6.60. The number of hydrogen-bond donors (Lipinski definition) is 0. The standard InChI is InChI=1S/C22H23Cl2N3O2/c1-4-13-26(22(29)19(23)24)15(3)20-25-17-11-7-6-10-16(17)21(28)27(20)18-12-8-5-9-14(18)2/h5-12,15,19H,4,13H2,1-3H3. The lowest BCUT2D eigenvalue weighted by Crippen LogP contribution is -2.40. The van der Waals surface area contributed by atoms with Crippen LogP contribution >= 0.6 is 23.2 Å². The molecule has 1 heterocycles. The molecule has 1 unspecified atom stereocenters. The number of benzene rings is 2. The summed E-state index contributed by atoms with van der Waals surface area (Å²) in [7, 11) is 0. The highest BCUT2D eigenvalue weighted by Gasteiger charge is 2.29. The highest BCUT2D eigenvalue weighted by atomic mass is 35.5. The lowest BCUT2D eigenvalue weighted by Gasteiger charge is -2.31. The van der Waals surface area contributed by atoms with E-state index in [1.165, 1.54) is 0 Å². The first kappa shape index (κ1) is 21.3. The predicted molar refractivity (Wildman–Crippen MR) is 118 cm³/mol. The fourth-order valence-electron chi connectivity index (χ4n) is 3.48. The van der Waals surface area contributed by atoms with Crippen molar-refractivity contribution < 1.29 is 4.79 Å². The predicted octanol–water partition coefficient (Wildman–Crippen LogP) is 4.80. The number of carbonyl (C=O) groups excluding carboxylic acids is 1. The summed E-state index contributed by atoms with van der Waals surface area (Å²) in [5.74, 6) is 0.0696. The maximum absolute atomic E-state index is 13.5. The number of para-hydroxylation sites is 2. The van der Waals surface area contributed by atoms with Gasteiger partial charge in [0.05, 0.1) is 22.6 Å². The van der Waals surface area contributed by atoms with E-state index in [2.05, 4.69) is 0 Å². The highest BCUT2D eigenvalue weighted by molar-refractivity contribution is 6.53. The van der Waals surface area contributed by atoms with Crippen LogP contribution in [0.4, 0.5) is 0 Å². The summed E-state index contributed by atoms with van der Waals surface area (Å²) in [6.45, 7) is 6.20. The van der Waals surface area contributed by atoms with E-state index < -0.39 is 16.8 Å². The molecule has 29 heavy (non-hydrogen) atoms. The molecule has 1 atom stereocenters. The van der Waals surface area contributed by atoms with E-state index in [0.29, 0.717) is 23.3 Å². The van der Waals surface area contributed by atoms with Crippen molar-refractivity contribution in [3.05, 3.63) is 70.3 Å². The van der Waals surface area contributed by atoms with Crippen LogP contribution in [0.5, 0.6) is 0 Å². The smallest absolute Gasteiger partial charge is 0.266 e. The molecule has 0 fully saturated rings. The van der Waals surface area contributed by atoms with Crippen molar-refractivity contribution >= 4 is 40.0 Å². The van der Waals surface area contributed by atoms with Crippen LogP contribution in [0.2, 0.25) is 0 Å². The van der Waals surface area contributed by atoms with Crippen molar-refractivity contribution in [2.45, 2.75) is 38.1 Å². The molecule has 0 saturated carbocycles. The molecule has 0 aliphatic heterocycles. The molecule has 0 spiro atoms. The van der Waals surface area contributed by atoms with E-state index in [1.807, 2.05) is 57.2 Å². The van der Waals surface area contributed by atoms with Gasteiger partial charge in [-0.2, -0.15) is 0 Å². The number of aromatic nitrogens is 2. The molecule has 1 amide bonds. The summed E-state index contributed by atoms with van der Waals surface area (Å²) in [5, 5.41) is 0.521. The molecule has 5 nitrogen and oxygen atoms in total. The molecule has 0 radical (unpaired) electrons. The van der Waals surface area contributed by atoms with E-state index in [0.717, 1.165) is 17.7 Å². The Labute approximate surface area is 179 Å². The van der Waals surface area contributed by atoms with Crippen molar-refractivity contribution in [2.24, 2.45) is 0 Å². The molecular formula is C22H23Cl2N3O2. The number of hydrogen-bond acceptors (Lipinski definition) is 3. The van der Waals surface area contributed by atoms with Crippen molar-refractivity contribution in [3.8, 4) is 5.69 Å². The van der Waals surface area contributed by atoms with Crippen LogP contribution in [-0.4, -0.2) is 31.7 Å². The van der Waals surface area contributed by atoms with Crippen LogP contribution in [0.3, 0.4) is 0 Å². The zero-order valence-electron chi connectivity index (χ0n) is 16.6. The lowest BCUT2D eigenvalue weighted by atomic mass is 10.1. The number of nitrogens with zero attached hydrogens (tertiary/aromatic N) is 3. The van der Waals surface area contributed by atoms with Gasteiger partial charge in [0.25, 0.3) is 11.5 Å². The first-order chi connectivity index (χ1) is 13.9. The number of carbonyl (C=O) groups is 1. The number of amides is 1. The van der Waals surface area contributed by atoms with E-state index in [-0.39, 0.29) is 5.56 Å². The van der Waals surface area contributed by atoms with Gasteiger partial charge in [-0.25, -0.2) is 4.98 Å². The van der Waals surface area contributed by atoms with Crippen molar-refractivity contribution in [2.75, 3.05) is 6.54 Å². The topological polar surface area (TPSA) is 55.2 Å². The van der Waals surface area contributed by atoms with Gasteiger partial charge in [-0.15, -0.1) is 0 Å². The summed E-state index contributed by atoms with van der Waals surface area (Å²) >= 11 is 11.8. The second-order valence-corrected chi connectivity index (χ2v) is 8.02. The zero-order valence-corrected chi connectivity index (χ0v) is 18.1. The van der Waals surface area contributed by atoms with Gasteiger partial charge in [0, 0.05) is 6.54 Å². The van der Waals surface area contributed by atoms with Gasteiger partial charge in [0.2, 0.25) is 0 Å². The Hall–Kier alpha value is -2.37. The quantitative estimate of drug-likeness (QED) is 0.526. The van der Waals surface area contributed by atoms with Gasteiger partial charge in [-0.1, -0.05) is 60.5 Å². The number of alkyl halides is 2. The number of rotatable bonds is 6. The molecule has 0 aliphatic carbocycles. The van der Waals surface area contributed by atoms with Gasteiger partial charge < -0.3 is 4.90 Å². The summed E-state index contributed by atoms with van der Waals surface area (Å²) in [6, 6.07) is 14.3. The monoisotopic (exact) mass is 431 g/mol. The minimum absolute atomic E-state index is 0.177. The zero-order chi connectivity index (χ0) is 21.1. The Morgan fingerprint density at radius 1 is 1.14 bits per heavy atom. The molecule has 1 aromatic heterocycles. The minimum atomic E-state index is -1.18. The molecule has 3 rings (SSSR count). The van der Waals surface area contributed by atoms with Crippen LogP contribution in [0.1, 0.15) is 37.7 Å². The van der Waals surface area contributed by atoms with Gasteiger partial charge >= 0.3 is 0 Å². The first-order valence-electron chi connectivity index (χ1n) is 9.53. The van der Waals surface area contributed by atoms with Crippen molar-refractivity contribution in [1.29, 1.82) is 0 Å². The third kappa shape index (κ3) is 4.16. The molecule has 2 aromatic carbocycles. The van der Waals surface area contributed by atoms with E-state index in [4.69, 9.17) is 28.2 Å². The average Bonchev–Trinajstić information content (AvgIpc) is 2.71. The van der Waals surface area contributed by atoms with Crippen LogP contribution < -0.4 is 5.56 Å². The van der Waals surface area contributed by atoms with Crippen LogP contribution in [0.15, 0.2) is 53.3 Å². The van der Waals surface area contributed by atoms with Gasteiger partial charge in [0.15, 0.2) is 4.84 Å². The van der Waals surface area contributed by atoms with Gasteiger partial charge in [-0.05, 0) is 44.0 Å². The maximum Gasteiger partial charge on any atom is 0.266 e. The fourth-order valence-corrected chi connectivity index (χ4v) is 3.73. The Balaban J connectivity index is 2.30. The molecule has 152 valence electrons. The number of halogens is 2. The molecule has 0 aliphatic rings. The second kappa shape index (κ2) is 8.97. The molecule has 0 N–H and O–H groups in total. The summed E-state index contributed by atoms with van der Waals surface area (Å²) in [6.07, 6.45) is 0.721. The summed E-state index contributed by atoms with van der Waals surface area (Å²) in [4.78, 5) is 31.3. The second-order valence-electron chi connectivity index (χ2n) is 6.92. The normalized spacial score (nSPS) is 12.3. The third-order valence-corrected chi connectivity index (χ3v) is 5.31. The van der Waals surface area contributed by atoms with Crippen LogP contribution in [0, 0.1) is 6.92 Å². The third-order valence-electron chi connectivity index (χ3n) is 4.93. The molecular weight excluding hydrogens is 409 g/mol. The van der Waals surface area contributed by atoms with E-state index >= 15 is 0 Å². The van der Waals surface area contributed by atoms with Crippen LogP contribution in [-0.2, 0) is 4.79 Å². The molecule has 7 heteroatoms. The fraction of sp³-hybridized carbons (Fsp3) is 0.318. The van der Waals surface area contributed by atoms with E-state index in [1.54, 1.807) is 21.6 Å². The minimum Gasteiger partial charge on any atom is -0.330 e. The molecule has 3 aromatic rings. The summed E-state index contributed by atoms with van der Waals surface area (Å²) in [5.41, 5.74) is 2.07. The Bertz CT molecular complexity index is 1090. The van der Waals surface area contributed by atoms with Crippen LogP contribution in [0.25, 0.3) is 16.6 Å². The molecule has 0 saturated heterocycles. The number of aryl methyl sites for hydroxylation is 1. The number of fused-ring (bicyclic) bond motifs is 1. The van der Waals surface area contributed by atoms with Crippen molar-refractivity contribution in [3.63, 3.8) is 0 Å². The van der Waals surface area contributed by atoms with E-state index in [9.17, 15) is 9.59 Å². The molecule has 0 bridgehead atoms. The lowest BCUT2D eigenvalue weighted by molar-refractivity contribution is -0.131.